The highest BCUT2D eigenvalue weighted by Gasteiger charge is 2.33. The zero-order valence-corrected chi connectivity index (χ0v) is 22.8. The molecule has 186 valence electrons. The minimum Gasteiger partial charge on any atom is -0.491 e. The predicted molar refractivity (Wildman–Crippen MR) is 148 cm³/mol. The summed E-state index contributed by atoms with van der Waals surface area (Å²) >= 11 is 0. The van der Waals surface area contributed by atoms with Crippen molar-refractivity contribution in [1.82, 2.24) is 0 Å². The molecular formula is C31H45O2P. The number of hydrogen-bond donors (Lipinski definition) is 0. The lowest BCUT2D eigenvalue weighted by Gasteiger charge is -2.39. The van der Waals surface area contributed by atoms with Crippen LogP contribution in [0.4, 0.5) is 0 Å². The van der Waals surface area contributed by atoms with E-state index in [1.807, 2.05) is 0 Å². The van der Waals surface area contributed by atoms with Gasteiger partial charge < -0.3 is 9.47 Å². The largest absolute Gasteiger partial charge is 0.491 e. The molecule has 4 rings (SSSR count). The van der Waals surface area contributed by atoms with Crippen molar-refractivity contribution in [2.75, 3.05) is 0 Å². The number of ether oxygens (including phenoxy) is 2. The number of hydrogen-bond acceptors (Lipinski definition) is 2. The SMILES string of the molecule is CC(C)Oc1cccc(OC(C)C)c1Cc1ccccc1P(C1CCCCC1)C1CCCCC1. The molecule has 0 amide bonds. The van der Waals surface area contributed by atoms with Gasteiger partial charge in [-0.1, -0.05) is 76.8 Å². The lowest BCUT2D eigenvalue weighted by atomic mass is 9.99. The third-order valence-corrected chi connectivity index (χ3v) is 11.0. The van der Waals surface area contributed by atoms with E-state index in [1.54, 1.807) is 5.30 Å². The molecule has 0 heterocycles. The Morgan fingerprint density at radius 3 is 1.68 bits per heavy atom. The van der Waals surface area contributed by atoms with Crippen molar-refractivity contribution >= 4 is 13.2 Å². The van der Waals surface area contributed by atoms with Crippen molar-refractivity contribution in [1.29, 1.82) is 0 Å². The molecule has 0 aliphatic heterocycles. The maximum Gasteiger partial charge on any atom is 0.126 e. The standard InChI is InChI=1S/C31H45O2P/c1-23(2)32-29-19-13-20-30(33-24(3)4)28(29)22-25-14-11-12-21-31(25)34(26-15-7-5-8-16-26)27-17-9-6-10-18-27/h11-14,19-21,23-24,26-27H,5-10,15-18,22H2,1-4H3. The van der Waals surface area contributed by atoms with Crippen molar-refractivity contribution < 1.29 is 9.47 Å². The zero-order valence-electron chi connectivity index (χ0n) is 21.9. The molecule has 3 heteroatoms. The van der Waals surface area contributed by atoms with E-state index >= 15 is 0 Å². The van der Waals surface area contributed by atoms with Gasteiger partial charge >= 0.3 is 0 Å². The Bertz CT molecular complexity index is 848. The average Bonchev–Trinajstić information content (AvgIpc) is 2.83. The van der Waals surface area contributed by atoms with E-state index in [1.165, 1.54) is 75.3 Å². The molecule has 2 saturated carbocycles. The van der Waals surface area contributed by atoms with E-state index in [9.17, 15) is 0 Å². The quantitative estimate of drug-likeness (QED) is 0.334. The van der Waals surface area contributed by atoms with E-state index < -0.39 is 0 Å². The molecule has 34 heavy (non-hydrogen) atoms. The van der Waals surface area contributed by atoms with Crippen molar-refractivity contribution in [2.24, 2.45) is 0 Å². The maximum absolute atomic E-state index is 6.30. The van der Waals surface area contributed by atoms with Gasteiger partial charge in [0.25, 0.3) is 0 Å². The fourth-order valence-electron chi connectivity index (χ4n) is 5.96. The topological polar surface area (TPSA) is 18.5 Å². The van der Waals surface area contributed by atoms with Crippen LogP contribution in [-0.2, 0) is 6.42 Å². The van der Waals surface area contributed by atoms with Gasteiger partial charge in [0.2, 0.25) is 0 Å². The summed E-state index contributed by atoms with van der Waals surface area (Å²) in [5.41, 5.74) is 4.51. The van der Waals surface area contributed by atoms with Gasteiger partial charge in [0.05, 0.1) is 12.2 Å². The molecule has 0 radical (unpaired) electrons. The molecule has 0 saturated heterocycles. The van der Waals surface area contributed by atoms with Crippen LogP contribution in [0.2, 0.25) is 0 Å². The summed E-state index contributed by atoms with van der Waals surface area (Å²) in [5, 5.41) is 1.67. The first-order chi connectivity index (χ1) is 16.5. The summed E-state index contributed by atoms with van der Waals surface area (Å²) in [5.74, 6) is 1.95. The monoisotopic (exact) mass is 480 g/mol. The molecule has 2 fully saturated rings. The maximum atomic E-state index is 6.30. The highest BCUT2D eigenvalue weighted by molar-refractivity contribution is 7.67. The fourth-order valence-corrected chi connectivity index (χ4v) is 9.93. The van der Waals surface area contributed by atoms with Crippen LogP contribution >= 0.6 is 7.92 Å². The van der Waals surface area contributed by atoms with Crippen LogP contribution < -0.4 is 14.8 Å². The van der Waals surface area contributed by atoms with Crippen molar-refractivity contribution in [3.63, 3.8) is 0 Å². The first-order valence-corrected chi connectivity index (χ1v) is 15.3. The second kappa shape index (κ2) is 12.4. The van der Waals surface area contributed by atoms with Crippen molar-refractivity contribution in [2.45, 2.75) is 122 Å². The van der Waals surface area contributed by atoms with Crippen molar-refractivity contribution in [3.05, 3.63) is 53.6 Å². The van der Waals surface area contributed by atoms with Gasteiger partial charge in [0, 0.05) is 12.0 Å². The Kier molecular flexibility index (Phi) is 9.35. The van der Waals surface area contributed by atoms with Gasteiger partial charge in [-0.05, 0) is 87.7 Å². The van der Waals surface area contributed by atoms with Gasteiger partial charge in [-0.25, -0.2) is 0 Å². The molecule has 2 aliphatic carbocycles. The van der Waals surface area contributed by atoms with Gasteiger partial charge in [-0.3, -0.25) is 0 Å². The summed E-state index contributed by atoms with van der Waals surface area (Å²) in [6.07, 6.45) is 15.5. The normalized spacial score (nSPS) is 18.1. The molecule has 2 aromatic rings. The van der Waals surface area contributed by atoms with E-state index in [0.29, 0.717) is 0 Å². The van der Waals surface area contributed by atoms with E-state index in [4.69, 9.17) is 9.47 Å². The number of benzene rings is 2. The molecule has 2 nitrogen and oxygen atoms in total. The molecule has 0 atom stereocenters. The second-order valence-corrected chi connectivity index (χ2v) is 13.6. The summed E-state index contributed by atoms with van der Waals surface area (Å²) in [7, 11) is -0.143. The summed E-state index contributed by atoms with van der Waals surface area (Å²) in [6.45, 7) is 8.44. The Balaban J connectivity index is 1.73. The van der Waals surface area contributed by atoms with Crippen LogP contribution in [0.1, 0.15) is 103 Å². The Labute approximate surface area is 209 Å². The zero-order chi connectivity index (χ0) is 23.9. The molecular weight excluding hydrogens is 435 g/mol. The Morgan fingerprint density at radius 2 is 1.18 bits per heavy atom. The summed E-state index contributed by atoms with van der Waals surface area (Å²) in [4.78, 5) is 0. The smallest absolute Gasteiger partial charge is 0.126 e. The predicted octanol–water partition coefficient (Wildman–Crippen LogP) is 8.62. The van der Waals surface area contributed by atoms with Crippen LogP contribution in [0.25, 0.3) is 0 Å². The third-order valence-electron chi connectivity index (χ3n) is 7.39. The lowest BCUT2D eigenvalue weighted by Crippen LogP contribution is -2.28. The van der Waals surface area contributed by atoms with E-state index in [-0.39, 0.29) is 20.1 Å². The lowest BCUT2D eigenvalue weighted by molar-refractivity contribution is 0.225. The summed E-state index contributed by atoms with van der Waals surface area (Å²) < 4.78 is 12.6. The molecule has 2 aliphatic rings. The molecule has 0 N–H and O–H groups in total. The van der Waals surface area contributed by atoms with Crippen LogP contribution in [0.5, 0.6) is 11.5 Å². The summed E-state index contributed by atoms with van der Waals surface area (Å²) in [6, 6.07) is 15.7. The second-order valence-electron chi connectivity index (χ2n) is 10.9. The van der Waals surface area contributed by atoms with Crippen LogP contribution in [-0.4, -0.2) is 23.5 Å². The minimum atomic E-state index is -0.143. The third kappa shape index (κ3) is 6.57. The first kappa shape index (κ1) is 25.6. The van der Waals surface area contributed by atoms with Gasteiger partial charge in [0.15, 0.2) is 0 Å². The number of rotatable bonds is 9. The van der Waals surface area contributed by atoms with Gasteiger partial charge in [-0.2, -0.15) is 0 Å². The van der Waals surface area contributed by atoms with E-state index in [2.05, 4.69) is 70.2 Å². The van der Waals surface area contributed by atoms with Crippen LogP contribution in [0.15, 0.2) is 42.5 Å². The average molecular weight is 481 g/mol. The van der Waals surface area contributed by atoms with Crippen LogP contribution in [0.3, 0.4) is 0 Å². The molecule has 0 aromatic heterocycles. The fraction of sp³-hybridized carbons (Fsp3) is 0.613. The highest BCUT2D eigenvalue weighted by atomic mass is 31.1. The van der Waals surface area contributed by atoms with Gasteiger partial charge in [0.1, 0.15) is 11.5 Å². The highest BCUT2D eigenvalue weighted by Crippen LogP contribution is 2.55. The molecule has 0 spiro atoms. The van der Waals surface area contributed by atoms with Crippen molar-refractivity contribution in [3.8, 4) is 11.5 Å². The first-order valence-electron chi connectivity index (χ1n) is 13.8. The molecule has 0 bridgehead atoms. The van der Waals surface area contributed by atoms with Gasteiger partial charge in [-0.15, -0.1) is 0 Å². The molecule has 0 unspecified atom stereocenters. The Morgan fingerprint density at radius 1 is 0.676 bits per heavy atom. The minimum absolute atomic E-state index is 0.143. The Hall–Kier alpha value is -1.53. The van der Waals surface area contributed by atoms with Crippen LogP contribution in [0, 0.1) is 0 Å². The van der Waals surface area contributed by atoms with E-state index in [0.717, 1.165) is 29.2 Å². The molecule has 2 aromatic carbocycles.